The van der Waals surface area contributed by atoms with Gasteiger partial charge in [0.1, 0.15) is 0 Å². The molecule has 0 amide bonds. The highest BCUT2D eigenvalue weighted by atomic mass is 16.7. The number of carbonyl (C=O) groups is 2. The Labute approximate surface area is 110 Å². The molecule has 0 heterocycles. The topological polar surface area (TPSA) is 55.8 Å². The first-order valence-electron chi connectivity index (χ1n) is 5.94. The van der Waals surface area contributed by atoms with Crippen molar-refractivity contribution in [1.82, 2.24) is 4.81 Å². The van der Waals surface area contributed by atoms with E-state index in [4.69, 9.17) is 9.31 Å². The van der Waals surface area contributed by atoms with Gasteiger partial charge in [0.15, 0.2) is 0 Å². The third-order valence-electron chi connectivity index (χ3n) is 2.06. The Bertz CT molecular complexity index is 287. The van der Waals surface area contributed by atoms with E-state index in [0.29, 0.717) is 0 Å². The summed E-state index contributed by atoms with van der Waals surface area (Å²) in [6.45, 7) is 10.5. The van der Waals surface area contributed by atoms with Crippen molar-refractivity contribution in [2.45, 2.75) is 41.5 Å². The molecule has 0 atom stereocenters. The highest BCUT2D eigenvalue weighted by Crippen LogP contribution is 2.19. The van der Waals surface area contributed by atoms with E-state index in [1.807, 2.05) is 0 Å². The second-order valence-electron chi connectivity index (χ2n) is 6.58. The molecule has 0 aliphatic carbocycles. The number of carbonyl (C=O) groups excluding carboxylic acids is 2. The number of rotatable bonds is 3. The van der Waals surface area contributed by atoms with Gasteiger partial charge in [-0.25, -0.2) is 0 Å². The molecule has 0 aromatic carbocycles. The van der Waals surface area contributed by atoms with Crippen molar-refractivity contribution in [3.63, 3.8) is 0 Å². The molecule has 0 saturated carbocycles. The predicted octanol–water partition coefficient (Wildman–Crippen LogP) is 1.71. The van der Waals surface area contributed by atoms with Gasteiger partial charge in [-0.2, -0.15) is 0 Å². The molecular formula is C12H24BNO4. The van der Waals surface area contributed by atoms with Gasteiger partial charge in [0.25, 0.3) is 11.9 Å². The van der Waals surface area contributed by atoms with E-state index >= 15 is 0 Å². The summed E-state index contributed by atoms with van der Waals surface area (Å²) in [5, 5.41) is 0. The number of hydrogen-bond donors (Lipinski definition) is 0. The van der Waals surface area contributed by atoms with E-state index < -0.39 is 30.0 Å². The van der Waals surface area contributed by atoms with Crippen molar-refractivity contribution in [2.24, 2.45) is 10.8 Å². The van der Waals surface area contributed by atoms with E-state index in [-0.39, 0.29) is 0 Å². The minimum Gasteiger partial charge on any atom is -0.484 e. The number of hydrogen-bond acceptors (Lipinski definition) is 5. The van der Waals surface area contributed by atoms with Gasteiger partial charge in [-0.05, 0) is 55.6 Å². The van der Waals surface area contributed by atoms with Gasteiger partial charge >= 0.3 is 7.25 Å². The maximum atomic E-state index is 11.8. The minimum atomic E-state index is -0.997. The Morgan fingerprint density at radius 1 is 0.833 bits per heavy atom. The van der Waals surface area contributed by atoms with E-state index in [1.165, 1.54) is 4.81 Å². The van der Waals surface area contributed by atoms with Crippen LogP contribution in [-0.2, 0) is 18.9 Å². The molecular weight excluding hydrogens is 233 g/mol. The summed E-state index contributed by atoms with van der Waals surface area (Å²) >= 11 is 0. The molecule has 0 aromatic heterocycles. The van der Waals surface area contributed by atoms with Gasteiger partial charge in [-0.1, -0.05) is 0 Å². The van der Waals surface area contributed by atoms with E-state index in [9.17, 15) is 9.59 Å². The van der Waals surface area contributed by atoms with Crippen molar-refractivity contribution >= 4 is 19.2 Å². The zero-order chi connectivity index (χ0) is 14.7. The first-order valence-corrected chi connectivity index (χ1v) is 5.94. The van der Waals surface area contributed by atoms with Crippen molar-refractivity contribution in [3.8, 4) is 0 Å². The molecule has 0 N–H and O–H groups in total. The molecule has 0 aliphatic rings. The maximum Gasteiger partial charge on any atom is 0.704 e. The van der Waals surface area contributed by atoms with Gasteiger partial charge in [0, 0.05) is 0 Å². The summed E-state index contributed by atoms with van der Waals surface area (Å²) in [6.07, 6.45) is 0. The summed E-state index contributed by atoms with van der Waals surface area (Å²) in [5.41, 5.74) is -1.27. The van der Waals surface area contributed by atoms with Crippen LogP contribution in [0.3, 0.4) is 0 Å². The van der Waals surface area contributed by atoms with Gasteiger partial charge < -0.3 is 9.31 Å². The van der Waals surface area contributed by atoms with Crippen molar-refractivity contribution in [1.29, 1.82) is 0 Å². The standard InChI is InChI=1S/C12H24BNO4/c1-11(2,3)9(15)17-13(14(7)8)18-10(16)12(4,5)6/h1-8H3. The summed E-state index contributed by atoms with van der Waals surface area (Å²) < 4.78 is 10.4. The van der Waals surface area contributed by atoms with Crippen molar-refractivity contribution in [3.05, 3.63) is 0 Å². The molecule has 0 rings (SSSR count). The van der Waals surface area contributed by atoms with Crippen molar-refractivity contribution < 1.29 is 18.9 Å². The molecule has 5 nitrogen and oxygen atoms in total. The largest absolute Gasteiger partial charge is 0.704 e. The van der Waals surface area contributed by atoms with Gasteiger partial charge in [0.05, 0.1) is 10.8 Å². The molecule has 104 valence electrons. The summed E-state index contributed by atoms with van der Waals surface area (Å²) in [5.74, 6) is -0.828. The fourth-order valence-corrected chi connectivity index (χ4v) is 0.772. The predicted molar refractivity (Wildman–Crippen MR) is 70.5 cm³/mol. The molecule has 0 aliphatic heterocycles. The zero-order valence-electron chi connectivity index (χ0n) is 12.7. The monoisotopic (exact) mass is 257 g/mol. The average molecular weight is 257 g/mol. The van der Waals surface area contributed by atoms with Crippen LogP contribution >= 0.6 is 0 Å². The van der Waals surface area contributed by atoms with Crippen LogP contribution in [0.25, 0.3) is 0 Å². The fourth-order valence-electron chi connectivity index (χ4n) is 0.772. The lowest BCUT2D eigenvalue weighted by Gasteiger charge is -2.26. The van der Waals surface area contributed by atoms with Crippen LogP contribution in [0.4, 0.5) is 0 Å². The molecule has 0 saturated heterocycles. The van der Waals surface area contributed by atoms with E-state index in [1.54, 1.807) is 55.6 Å². The summed E-state index contributed by atoms with van der Waals surface area (Å²) in [4.78, 5) is 25.1. The smallest absolute Gasteiger partial charge is 0.484 e. The van der Waals surface area contributed by atoms with Crippen LogP contribution in [0.5, 0.6) is 0 Å². The lowest BCUT2D eigenvalue weighted by Crippen LogP contribution is -2.46. The quantitative estimate of drug-likeness (QED) is 0.720. The maximum absolute atomic E-state index is 11.8. The molecule has 0 aromatic rings. The molecule has 6 heteroatoms. The third kappa shape index (κ3) is 5.53. The van der Waals surface area contributed by atoms with Gasteiger partial charge in [-0.3, -0.25) is 14.4 Å². The van der Waals surface area contributed by atoms with Crippen LogP contribution in [0.15, 0.2) is 0 Å². The van der Waals surface area contributed by atoms with Crippen molar-refractivity contribution in [2.75, 3.05) is 14.1 Å². The van der Waals surface area contributed by atoms with Crippen LogP contribution in [-0.4, -0.2) is 38.1 Å². The Morgan fingerprint density at radius 3 is 1.28 bits per heavy atom. The Kier molecular flexibility index (Phi) is 5.41. The molecule has 0 radical (unpaired) electrons. The fraction of sp³-hybridized carbons (Fsp3) is 0.833. The Balaban J connectivity index is 4.71. The summed E-state index contributed by atoms with van der Waals surface area (Å²) in [6, 6.07) is 0. The lowest BCUT2D eigenvalue weighted by atomic mass is 9.94. The first-order chi connectivity index (χ1) is 7.85. The highest BCUT2D eigenvalue weighted by molar-refractivity contribution is 6.45. The summed E-state index contributed by atoms with van der Waals surface area (Å²) in [7, 11) is 2.36. The Morgan fingerprint density at radius 2 is 1.11 bits per heavy atom. The average Bonchev–Trinajstić information content (AvgIpc) is 2.12. The Hall–Kier alpha value is -1.04. The zero-order valence-corrected chi connectivity index (χ0v) is 12.7. The van der Waals surface area contributed by atoms with E-state index in [0.717, 1.165) is 0 Å². The van der Waals surface area contributed by atoms with Gasteiger partial charge in [0.2, 0.25) is 0 Å². The highest BCUT2D eigenvalue weighted by Gasteiger charge is 2.38. The molecule has 0 spiro atoms. The molecule has 0 unspecified atom stereocenters. The third-order valence-corrected chi connectivity index (χ3v) is 2.06. The molecule has 18 heavy (non-hydrogen) atoms. The molecule has 0 bridgehead atoms. The molecule has 0 fully saturated rings. The van der Waals surface area contributed by atoms with Crippen LogP contribution in [0.2, 0.25) is 0 Å². The minimum absolute atomic E-state index is 0.414. The SMILES string of the molecule is CN(C)B(OC(=O)C(C)(C)C)OC(=O)C(C)(C)C. The first kappa shape index (κ1) is 17.0. The lowest BCUT2D eigenvalue weighted by molar-refractivity contribution is -0.151. The van der Waals surface area contributed by atoms with Gasteiger partial charge in [-0.15, -0.1) is 0 Å². The second-order valence-corrected chi connectivity index (χ2v) is 6.58. The normalized spacial score (nSPS) is 12.3. The van der Waals surface area contributed by atoms with E-state index in [2.05, 4.69) is 0 Å². The van der Waals surface area contributed by atoms with Crippen LogP contribution in [0, 0.1) is 10.8 Å². The van der Waals surface area contributed by atoms with Crippen LogP contribution < -0.4 is 0 Å². The second kappa shape index (κ2) is 5.74. The number of nitrogens with zero attached hydrogens (tertiary/aromatic N) is 1. The van der Waals surface area contributed by atoms with Crippen LogP contribution in [0.1, 0.15) is 41.5 Å².